The Hall–Kier alpha value is -2.89. The van der Waals surface area contributed by atoms with Crippen LogP contribution in [0.15, 0.2) is 42.5 Å². The number of nitrogens with one attached hydrogen (secondary N) is 2. The maximum Gasteiger partial charge on any atom is 0.265 e. The van der Waals surface area contributed by atoms with Crippen LogP contribution in [0.2, 0.25) is 0 Å². The number of ether oxygens (including phenoxy) is 1. The maximum absolute atomic E-state index is 13.2. The number of hydrogen-bond donors (Lipinski definition) is 2. The van der Waals surface area contributed by atoms with Crippen molar-refractivity contribution < 1.29 is 18.7 Å². The molecule has 1 atom stereocenters. The number of fused-ring (bicyclic) bond motifs is 1. The number of carbonyl (C=O) groups is 2. The first-order chi connectivity index (χ1) is 12.5. The fraction of sp³-hybridized carbons (Fsp3) is 0.300. The quantitative estimate of drug-likeness (QED) is 0.885. The molecule has 2 aromatic rings. The Balaban J connectivity index is 1.57. The summed E-state index contributed by atoms with van der Waals surface area (Å²) in [6, 6.07) is 11.3. The molecule has 2 aliphatic rings. The van der Waals surface area contributed by atoms with E-state index in [0.717, 1.165) is 24.8 Å². The average Bonchev–Trinajstić information content (AvgIpc) is 2.57. The van der Waals surface area contributed by atoms with Gasteiger partial charge < -0.3 is 15.4 Å². The Morgan fingerprint density at radius 2 is 1.96 bits per heavy atom. The Morgan fingerprint density at radius 1 is 1.23 bits per heavy atom. The molecule has 0 unspecified atom stereocenters. The molecule has 0 spiro atoms. The van der Waals surface area contributed by atoms with Crippen molar-refractivity contribution in [1.82, 2.24) is 0 Å². The topological polar surface area (TPSA) is 67.4 Å². The molecule has 134 valence electrons. The summed E-state index contributed by atoms with van der Waals surface area (Å²) >= 11 is 0. The van der Waals surface area contributed by atoms with Crippen LogP contribution in [0.3, 0.4) is 0 Å². The van der Waals surface area contributed by atoms with Gasteiger partial charge in [-0.15, -0.1) is 0 Å². The Bertz CT molecular complexity index is 875. The second kappa shape index (κ2) is 6.12. The van der Waals surface area contributed by atoms with Gasteiger partial charge in [-0.25, -0.2) is 4.39 Å². The molecule has 1 heterocycles. The van der Waals surface area contributed by atoms with Crippen molar-refractivity contribution in [2.75, 3.05) is 10.6 Å². The molecule has 0 saturated heterocycles. The molecule has 1 fully saturated rings. The number of amides is 2. The van der Waals surface area contributed by atoms with Crippen LogP contribution in [-0.4, -0.2) is 17.9 Å². The highest BCUT2D eigenvalue weighted by atomic mass is 19.1. The SMILES string of the molecule is C[C@@H]1Oc2ccc(NC(=O)C3(c4ccc(F)cc4)CCC3)cc2NC1=O. The van der Waals surface area contributed by atoms with Gasteiger partial charge in [0.25, 0.3) is 5.91 Å². The van der Waals surface area contributed by atoms with Crippen LogP contribution in [-0.2, 0) is 15.0 Å². The van der Waals surface area contributed by atoms with Gasteiger partial charge in [0.15, 0.2) is 6.10 Å². The molecule has 2 amide bonds. The van der Waals surface area contributed by atoms with Gasteiger partial charge in [0, 0.05) is 5.69 Å². The van der Waals surface area contributed by atoms with Gasteiger partial charge in [-0.1, -0.05) is 18.6 Å². The summed E-state index contributed by atoms with van der Waals surface area (Å²) in [5, 5.41) is 5.71. The second-order valence-corrected chi connectivity index (χ2v) is 6.86. The van der Waals surface area contributed by atoms with Crippen molar-refractivity contribution in [3.05, 3.63) is 53.8 Å². The molecule has 1 aliphatic carbocycles. The predicted molar refractivity (Wildman–Crippen MR) is 95.7 cm³/mol. The molecule has 26 heavy (non-hydrogen) atoms. The molecular formula is C20H19FN2O3. The first-order valence-corrected chi connectivity index (χ1v) is 8.67. The number of hydrogen-bond acceptors (Lipinski definition) is 3. The smallest absolute Gasteiger partial charge is 0.265 e. The van der Waals surface area contributed by atoms with Crippen LogP contribution in [0, 0.1) is 5.82 Å². The average molecular weight is 354 g/mol. The van der Waals surface area contributed by atoms with Crippen LogP contribution in [0.1, 0.15) is 31.7 Å². The number of halogens is 1. The molecule has 0 bridgehead atoms. The van der Waals surface area contributed by atoms with Crippen LogP contribution < -0.4 is 15.4 Å². The van der Waals surface area contributed by atoms with E-state index < -0.39 is 11.5 Å². The molecule has 0 aromatic heterocycles. The largest absolute Gasteiger partial charge is 0.479 e. The zero-order chi connectivity index (χ0) is 18.3. The normalized spacial score (nSPS) is 20.2. The minimum Gasteiger partial charge on any atom is -0.479 e. The summed E-state index contributed by atoms with van der Waals surface area (Å²) < 4.78 is 18.7. The van der Waals surface area contributed by atoms with E-state index in [2.05, 4.69) is 10.6 Å². The zero-order valence-corrected chi connectivity index (χ0v) is 14.3. The Morgan fingerprint density at radius 3 is 2.62 bits per heavy atom. The predicted octanol–water partition coefficient (Wildman–Crippen LogP) is 3.61. The van der Waals surface area contributed by atoms with Crippen LogP contribution in [0.25, 0.3) is 0 Å². The number of rotatable bonds is 3. The molecule has 5 nitrogen and oxygen atoms in total. The van der Waals surface area contributed by atoms with Crippen molar-refractivity contribution in [3.63, 3.8) is 0 Å². The summed E-state index contributed by atoms with van der Waals surface area (Å²) in [6.45, 7) is 1.68. The number of benzene rings is 2. The second-order valence-electron chi connectivity index (χ2n) is 6.86. The molecule has 6 heteroatoms. The summed E-state index contributed by atoms with van der Waals surface area (Å²) in [7, 11) is 0. The standard InChI is InChI=1S/C20H19FN2O3/c1-12-18(24)23-16-11-15(7-8-17(16)26-12)22-19(25)20(9-2-10-20)13-3-5-14(21)6-4-13/h3-8,11-12H,2,9-10H2,1H3,(H,22,25)(H,23,24)/t12-/m0/s1. The third kappa shape index (κ3) is 2.71. The number of carbonyl (C=O) groups excluding carboxylic acids is 2. The van der Waals surface area contributed by atoms with Gasteiger partial charge in [0.05, 0.1) is 11.1 Å². The minimum atomic E-state index is -0.627. The fourth-order valence-electron chi connectivity index (χ4n) is 3.48. The van der Waals surface area contributed by atoms with Crippen molar-refractivity contribution >= 4 is 23.2 Å². The van der Waals surface area contributed by atoms with Gasteiger partial charge in [0.2, 0.25) is 5.91 Å². The molecule has 2 aromatic carbocycles. The van der Waals surface area contributed by atoms with E-state index in [1.54, 1.807) is 37.3 Å². The maximum atomic E-state index is 13.2. The minimum absolute atomic E-state index is 0.119. The van der Waals surface area contributed by atoms with Crippen molar-refractivity contribution in [3.8, 4) is 5.75 Å². The van der Waals surface area contributed by atoms with E-state index in [-0.39, 0.29) is 17.6 Å². The first kappa shape index (κ1) is 16.6. The lowest BCUT2D eigenvalue weighted by Crippen LogP contribution is -2.46. The third-order valence-electron chi connectivity index (χ3n) is 5.21. The van der Waals surface area contributed by atoms with Crippen LogP contribution in [0.4, 0.5) is 15.8 Å². The Labute approximate surface area is 150 Å². The first-order valence-electron chi connectivity index (χ1n) is 8.67. The monoisotopic (exact) mass is 354 g/mol. The molecule has 1 aliphatic heterocycles. The van der Waals surface area contributed by atoms with E-state index >= 15 is 0 Å². The van der Waals surface area contributed by atoms with Crippen molar-refractivity contribution in [1.29, 1.82) is 0 Å². The van der Waals surface area contributed by atoms with E-state index in [0.29, 0.717) is 17.1 Å². The van der Waals surface area contributed by atoms with Crippen molar-refractivity contribution in [2.24, 2.45) is 0 Å². The van der Waals surface area contributed by atoms with Gasteiger partial charge >= 0.3 is 0 Å². The summed E-state index contributed by atoms with van der Waals surface area (Å²) in [5.74, 6) is -0.0789. The summed E-state index contributed by atoms with van der Waals surface area (Å²) in [6.07, 6.45) is 1.87. The molecule has 4 rings (SSSR count). The highest BCUT2D eigenvalue weighted by Crippen LogP contribution is 2.45. The van der Waals surface area contributed by atoms with Crippen molar-refractivity contribution in [2.45, 2.75) is 37.7 Å². The highest BCUT2D eigenvalue weighted by Gasteiger charge is 2.45. The van der Waals surface area contributed by atoms with Gasteiger partial charge in [-0.05, 0) is 55.7 Å². The molecule has 1 saturated carbocycles. The molecular weight excluding hydrogens is 335 g/mol. The lowest BCUT2D eigenvalue weighted by atomic mass is 9.64. The van der Waals surface area contributed by atoms with E-state index in [4.69, 9.17) is 4.74 Å². The number of anilines is 2. The Kier molecular flexibility index (Phi) is 3.90. The lowest BCUT2D eigenvalue weighted by Gasteiger charge is -2.40. The fourth-order valence-corrected chi connectivity index (χ4v) is 3.48. The summed E-state index contributed by atoms with van der Waals surface area (Å²) in [5.41, 5.74) is 1.32. The van der Waals surface area contributed by atoms with Crippen LogP contribution >= 0.6 is 0 Å². The third-order valence-corrected chi connectivity index (χ3v) is 5.21. The van der Waals surface area contributed by atoms with Gasteiger partial charge in [0.1, 0.15) is 11.6 Å². The van der Waals surface area contributed by atoms with Gasteiger partial charge in [-0.3, -0.25) is 9.59 Å². The lowest BCUT2D eigenvalue weighted by molar-refractivity contribution is -0.124. The summed E-state index contributed by atoms with van der Waals surface area (Å²) in [4.78, 5) is 24.7. The van der Waals surface area contributed by atoms with E-state index in [1.807, 2.05) is 0 Å². The zero-order valence-electron chi connectivity index (χ0n) is 14.3. The molecule has 2 N–H and O–H groups in total. The van der Waals surface area contributed by atoms with E-state index in [9.17, 15) is 14.0 Å². The highest BCUT2D eigenvalue weighted by molar-refractivity contribution is 6.02. The molecule has 0 radical (unpaired) electrons. The van der Waals surface area contributed by atoms with E-state index in [1.165, 1.54) is 12.1 Å². The van der Waals surface area contributed by atoms with Gasteiger partial charge in [-0.2, -0.15) is 0 Å². The van der Waals surface area contributed by atoms with Crippen LogP contribution in [0.5, 0.6) is 5.75 Å².